The van der Waals surface area contributed by atoms with Crippen LogP contribution < -0.4 is 0 Å². The lowest BCUT2D eigenvalue weighted by Gasteiger charge is -2.42. The van der Waals surface area contributed by atoms with Crippen molar-refractivity contribution in [3.05, 3.63) is 52.1 Å². The predicted octanol–water partition coefficient (Wildman–Crippen LogP) is -0.712. The molecule has 3 aromatic rings. The van der Waals surface area contributed by atoms with Crippen molar-refractivity contribution < 1.29 is 113 Å². The molecule has 4 aliphatic heterocycles. The van der Waals surface area contributed by atoms with Gasteiger partial charge in [0.1, 0.15) is 18.8 Å². The van der Waals surface area contributed by atoms with Crippen LogP contribution in [0.5, 0.6) is 51.7 Å². The standard InChI is InChI=1S/C34H24O23/c35-10-1-6-15(22(42)19(10)39)16-7(2-11(36)20(40)23(16)43)33(51)57-34-28-25(45)26(13(53-34)5-52-30(6)48)55-31(49)8-3-12(37)21(41)24(44)17(8)18-9(32(50)56-28)4-14(38)54-27(18)29(46)47/h1-4,13,18,25-28,34-37,39-45H,5H2,(H,46,47)/t13-,18-,25+,26-,27+,28-,34+/m1/s1. The first kappa shape index (κ1) is 37.6. The Labute approximate surface area is 313 Å². The third-order valence-corrected chi connectivity index (χ3v) is 9.36. The molecule has 1 saturated heterocycles. The lowest BCUT2D eigenvalue weighted by molar-refractivity contribution is -0.287. The molecule has 0 radical (unpaired) electrons. The third kappa shape index (κ3) is 5.84. The second-order valence-corrected chi connectivity index (χ2v) is 12.6. The number of phenols is 9. The Bertz CT molecular complexity index is 2380. The number of carbonyl (C=O) groups excluding carboxylic acids is 5. The van der Waals surface area contributed by atoms with Gasteiger partial charge >= 0.3 is 35.8 Å². The Morgan fingerprint density at radius 1 is 0.596 bits per heavy atom. The molecule has 4 aliphatic rings. The van der Waals surface area contributed by atoms with Gasteiger partial charge in [-0.15, -0.1) is 0 Å². The highest BCUT2D eigenvalue weighted by atomic mass is 16.7. The van der Waals surface area contributed by atoms with Crippen LogP contribution in [0, 0.1) is 0 Å². The van der Waals surface area contributed by atoms with Crippen LogP contribution >= 0.6 is 0 Å². The fourth-order valence-corrected chi connectivity index (χ4v) is 6.73. The summed E-state index contributed by atoms with van der Waals surface area (Å²) in [5, 5.41) is 116. The molecule has 298 valence electrons. The van der Waals surface area contributed by atoms with E-state index in [0.29, 0.717) is 24.3 Å². The molecule has 57 heavy (non-hydrogen) atoms. The van der Waals surface area contributed by atoms with Gasteiger partial charge in [-0.2, -0.15) is 0 Å². The van der Waals surface area contributed by atoms with Gasteiger partial charge in [0.05, 0.1) is 28.2 Å². The van der Waals surface area contributed by atoms with Crippen LogP contribution in [-0.2, 0) is 42.8 Å². The largest absolute Gasteiger partial charge is 0.504 e. The number of benzene rings is 3. The smallest absolute Gasteiger partial charge is 0.346 e. The topological polar surface area (TPSA) is 380 Å². The van der Waals surface area contributed by atoms with E-state index in [-0.39, 0.29) is 0 Å². The summed E-state index contributed by atoms with van der Waals surface area (Å²) < 4.78 is 32.1. The number of carbonyl (C=O) groups is 6. The molecule has 11 N–H and O–H groups in total. The first-order valence-corrected chi connectivity index (χ1v) is 15.9. The van der Waals surface area contributed by atoms with E-state index in [1.807, 2.05) is 0 Å². The molecule has 7 atom stereocenters. The number of ether oxygens (including phenoxy) is 6. The summed E-state index contributed by atoms with van der Waals surface area (Å²) in [5.74, 6) is -24.2. The van der Waals surface area contributed by atoms with E-state index in [9.17, 15) is 84.9 Å². The first-order chi connectivity index (χ1) is 26.8. The number of esters is 5. The zero-order chi connectivity index (χ0) is 41.5. The quantitative estimate of drug-likeness (QED) is 0.0822. The monoisotopic (exact) mass is 800 g/mol. The Morgan fingerprint density at radius 2 is 1.11 bits per heavy atom. The zero-order valence-electron chi connectivity index (χ0n) is 27.9. The van der Waals surface area contributed by atoms with Crippen LogP contribution in [-0.4, -0.2) is 135 Å². The summed E-state index contributed by atoms with van der Waals surface area (Å²) in [5.41, 5.74) is -6.98. The van der Waals surface area contributed by atoms with Gasteiger partial charge in [-0.25, -0.2) is 28.8 Å². The summed E-state index contributed by atoms with van der Waals surface area (Å²) in [6.07, 6.45) is -13.4. The van der Waals surface area contributed by atoms with Crippen molar-refractivity contribution in [1.82, 2.24) is 0 Å². The summed E-state index contributed by atoms with van der Waals surface area (Å²) in [7, 11) is 0. The van der Waals surface area contributed by atoms with Crippen molar-refractivity contribution >= 4 is 35.8 Å². The minimum atomic E-state index is -2.46. The van der Waals surface area contributed by atoms with E-state index in [2.05, 4.69) is 0 Å². The average molecular weight is 801 g/mol. The van der Waals surface area contributed by atoms with Crippen molar-refractivity contribution in [2.45, 2.75) is 42.7 Å². The van der Waals surface area contributed by atoms with E-state index in [1.54, 1.807) is 0 Å². The van der Waals surface area contributed by atoms with E-state index >= 15 is 0 Å². The number of carboxylic acids is 1. The van der Waals surface area contributed by atoms with Crippen LogP contribution in [0.15, 0.2) is 29.8 Å². The number of hydrogen-bond donors (Lipinski definition) is 11. The fraction of sp³-hybridized carbons (Fsp3) is 0.235. The highest BCUT2D eigenvalue weighted by molar-refractivity contribution is 6.08. The molecule has 23 heteroatoms. The average Bonchev–Trinajstić information content (AvgIpc) is 3.16. The van der Waals surface area contributed by atoms with Crippen LogP contribution in [0.1, 0.15) is 42.6 Å². The zero-order valence-corrected chi connectivity index (χ0v) is 27.9. The van der Waals surface area contributed by atoms with Crippen LogP contribution in [0.25, 0.3) is 11.1 Å². The maximum atomic E-state index is 14.0. The van der Waals surface area contributed by atoms with Crippen molar-refractivity contribution in [2.75, 3.05) is 6.61 Å². The molecule has 4 heterocycles. The second-order valence-electron chi connectivity index (χ2n) is 12.6. The van der Waals surface area contributed by atoms with Gasteiger partial charge < -0.3 is 84.6 Å². The molecule has 4 bridgehead atoms. The van der Waals surface area contributed by atoms with Crippen LogP contribution in [0.2, 0.25) is 0 Å². The molecule has 0 spiro atoms. The predicted molar refractivity (Wildman–Crippen MR) is 171 cm³/mol. The molecular weight excluding hydrogens is 776 g/mol. The van der Waals surface area contributed by atoms with Crippen molar-refractivity contribution in [3.8, 4) is 62.9 Å². The maximum absolute atomic E-state index is 14.0. The Balaban J connectivity index is 1.44. The number of hydrogen-bond acceptors (Lipinski definition) is 22. The number of aromatic hydroxyl groups is 9. The summed E-state index contributed by atoms with van der Waals surface area (Å²) in [4.78, 5) is 80.3. The Kier molecular flexibility index (Phi) is 8.77. The van der Waals surface area contributed by atoms with Crippen molar-refractivity contribution in [2.24, 2.45) is 0 Å². The highest BCUT2D eigenvalue weighted by Gasteiger charge is 2.55. The lowest BCUT2D eigenvalue weighted by atomic mass is 9.81. The van der Waals surface area contributed by atoms with Crippen LogP contribution in [0.4, 0.5) is 0 Å². The summed E-state index contributed by atoms with van der Waals surface area (Å²) >= 11 is 0. The number of cyclic esters (lactones) is 2. The number of rotatable bonds is 1. The van der Waals surface area contributed by atoms with Gasteiger partial charge in [-0.3, -0.25) is 0 Å². The minimum absolute atomic E-state index is 0.372. The van der Waals surface area contributed by atoms with Crippen molar-refractivity contribution in [3.63, 3.8) is 0 Å². The lowest BCUT2D eigenvalue weighted by Crippen LogP contribution is -2.62. The van der Waals surface area contributed by atoms with Gasteiger partial charge in [-0.1, -0.05) is 0 Å². The first-order valence-electron chi connectivity index (χ1n) is 15.9. The number of carboxylic acid groups (broad SMARTS) is 1. The molecule has 1 fully saturated rings. The molecule has 0 aromatic heterocycles. The van der Waals surface area contributed by atoms with Gasteiger partial charge in [0, 0.05) is 22.8 Å². The summed E-state index contributed by atoms with van der Waals surface area (Å²) in [6, 6.07) is 1.40. The third-order valence-electron chi connectivity index (χ3n) is 9.36. The van der Waals surface area contributed by atoms with Crippen LogP contribution in [0.3, 0.4) is 0 Å². The molecule has 0 aliphatic carbocycles. The maximum Gasteiger partial charge on any atom is 0.346 e. The molecule has 0 saturated carbocycles. The van der Waals surface area contributed by atoms with Gasteiger partial charge in [0.2, 0.25) is 29.6 Å². The number of phenolic OH excluding ortho intramolecular Hbond substituents is 9. The van der Waals surface area contributed by atoms with Gasteiger partial charge in [0.15, 0.2) is 46.7 Å². The molecule has 7 rings (SSSR count). The molecular formula is C34H24O23. The number of aliphatic carboxylic acids is 1. The fourth-order valence-electron chi connectivity index (χ4n) is 6.73. The number of fused-ring (bicyclic) bond motifs is 12. The van der Waals surface area contributed by atoms with E-state index in [4.69, 9.17) is 28.4 Å². The van der Waals surface area contributed by atoms with E-state index < -0.39 is 176 Å². The second kappa shape index (κ2) is 13.3. The Morgan fingerprint density at radius 3 is 1.68 bits per heavy atom. The number of aliphatic hydroxyl groups is 1. The molecule has 3 aromatic carbocycles. The van der Waals surface area contributed by atoms with Gasteiger partial charge in [0.25, 0.3) is 0 Å². The molecule has 0 amide bonds. The summed E-state index contributed by atoms with van der Waals surface area (Å²) in [6.45, 7) is -1.14. The highest BCUT2D eigenvalue weighted by Crippen LogP contribution is 2.53. The molecule has 0 unspecified atom stereocenters. The van der Waals surface area contributed by atoms with E-state index in [1.165, 1.54) is 0 Å². The Hall–Kier alpha value is -7.66. The SMILES string of the molecule is O=C1C=C2C(=O)O[C@H]3[C@@H]4OC(=O)c5cc(O)c(O)c(O)c5-c5c(cc(O)c(O)c5O)C(=O)OC[C@@H](O4)[C@@H](OC(=O)c4cc(O)c(O)c(O)c4[C@@H]2[C@@H](C(=O)O)O1)[C@@H]3O. The molecule has 23 nitrogen and oxygen atoms in total. The van der Waals surface area contributed by atoms with Crippen molar-refractivity contribution in [1.29, 1.82) is 0 Å². The van der Waals surface area contributed by atoms with E-state index in [0.717, 1.165) is 0 Å². The van der Waals surface area contributed by atoms with Gasteiger partial charge in [-0.05, 0) is 18.2 Å². The minimum Gasteiger partial charge on any atom is -0.504 e. The number of aliphatic hydroxyl groups excluding tert-OH is 1. The normalized spacial score (nSPS) is 25.7.